The fourth-order valence-electron chi connectivity index (χ4n) is 0.646. The van der Waals surface area contributed by atoms with Crippen molar-refractivity contribution in [2.24, 2.45) is 0 Å². The van der Waals surface area contributed by atoms with E-state index in [1.165, 1.54) is 19.5 Å². The van der Waals surface area contributed by atoms with Crippen LogP contribution in [0.25, 0.3) is 0 Å². The third kappa shape index (κ3) is 1.41. The van der Waals surface area contributed by atoms with Gasteiger partial charge in [-0.3, -0.25) is 4.98 Å². The molecule has 1 aromatic rings. The Hall–Kier alpha value is -1.27. The number of halogens is 1. The Labute approximate surface area is 69.2 Å². The molecule has 1 aromatic heterocycles. The monoisotopic (exact) mass is 168 g/mol. The summed E-state index contributed by atoms with van der Waals surface area (Å²) >= 11 is 5.72. The second-order valence-electron chi connectivity index (χ2n) is 1.82. The summed E-state index contributed by atoms with van der Waals surface area (Å²) in [5.41, 5.74) is 0.325. The molecule has 0 aromatic carbocycles. The van der Waals surface area contributed by atoms with Gasteiger partial charge in [0.25, 0.3) is 0 Å². The van der Waals surface area contributed by atoms with E-state index in [9.17, 15) is 0 Å². The van der Waals surface area contributed by atoms with Crippen LogP contribution in [-0.4, -0.2) is 12.1 Å². The zero-order chi connectivity index (χ0) is 8.27. The van der Waals surface area contributed by atoms with Gasteiger partial charge in [-0.1, -0.05) is 11.6 Å². The summed E-state index contributed by atoms with van der Waals surface area (Å²) in [5.74, 6) is 0.422. The molecule has 0 saturated heterocycles. The van der Waals surface area contributed by atoms with E-state index in [0.29, 0.717) is 16.3 Å². The molecule has 0 N–H and O–H groups in total. The average Bonchev–Trinajstić information content (AvgIpc) is 2.05. The van der Waals surface area contributed by atoms with Gasteiger partial charge in [0.1, 0.15) is 11.1 Å². The minimum absolute atomic E-state index is 0.310. The first kappa shape index (κ1) is 7.83. The van der Waals surface area contributed by atoms with Gasteiger partial charge in [-0.2, -0.15) is 5.26 Å². The van der Waals surface area contributed by atoms with Crippen LogP contribution in [-0.2, 0) is 0 Å². The van der Waals surface area contributed by atoms with Crippen LogP contribution in [0.1, 0.15) is 5.56 Å². The summed E-state index contributed by atoms with van der Waals surface area (Å²) in [4.78, 5) is 3.76. The topological polar surface area (TPSA) is 45.9 Å². The lowest BCUT2D eigenvalue weighted by molar-refractivity contribution is 0.413. The number of hydrogen-bond acceptors (Lipinski definition) is 3. The lowest BCUT2D eigenvalue weighted by atomic mass is 10.3. The first-order valence-electron chi connectivity index (χ1n) is 2.87. The number of ether oxygens (including phenoxy) is 1. The normalized spacial score (nSPS) is 8.82. The van der Waals surface area contributed by atoms with Crippen molar-refractivity contribution in [3.8, 4) is 11.8 Å². The van der Waals surface area contributed by atoms with E-state index in [-0.39, 0.29) is 0 Å². The molecule has 0 unspecified atom stereocenters. The molecule has 0 radical (unpaired) electrons. The Kier molecular flexibility index (Phi) is 2.29. The molecule has 1 heterocycles. The highest BCUT2D eigenvalue weighted by atomic mass is 35.5. The van der Waals surface area contributed by atoms with E-state index in [4.69, 9.17) is 21.6 Å². The smallest absolute Gasteiger partial charge is 0.157 e. The Balaban J connectivity index is 3.23. The maximum Gasteiger partial charge on any atom is 0.157 e. The van der Waals surface area contributed by atoms with Crippen LogP contribution in [0, 0.1) is 11.3 Å². The number of pyridine rings is 1. The van der Waals surface area contributed by atoms with E-state index in [1.54, 1.807) is 0 Å². The zero-order valence-electron chi connectivity index (χ0n) is 5.84. The molecule has 0 aliphatic rings. The molecule has 1 rings (SSSR count). The minimum atomic E-state index is 0.310. The van der Waals surface area contributed by atoms with E-state index >= 15 is 0 Å². The zero-order valence-corrected chi connectivity index (χ0v) is 6.59. The largest absolute Gasteiger partial charge is 0.494 e. The van der Waals surface area contributed by atoms with E-state index in [1.807, 2.05) is 6.07 Å². The predicted molar refractivity (Wildman–Crippen MR) is 40.5 cm³/mol. The van der Waals surface area contributed by atoms with Crippen molar-refractivity contribution < 1.29 is 4.74 Å². The van der Waals surface area contributed by atoms with Crippen molar-refractivity contribution in [2.75, 3.05) is 7.11 Å². The van der Waals surface area contributed by atoms with E-state index in [0.717, 1.165) is 0 Å². The van der Waals surface area contributed by atoms with Crippen molar-refractivity contribution in [3.63, 3.8) is 0 Å². The predicted octanol–water partition coefficient (Wildman–Crippen LogP) is 1.62. The number of aromatic nitrogens is 1. The van der Waals surface area contributed by atoms with Crippen LogP contribution < -0.4 is 4.74 Å². The summed E-state index contributed by atoms with van der Waals surface area (Å²) in [6, 6.07) is 1.90. The highest BCUT2D eigenvalue weighted by Crippen LogP contribution is 2.25. The van der Waals surface area contributed by atoms with Gasteiger partial charge in [0.15, 0.2) is 5.75 Å². The van der Waals surface area contributed by atoms with Crippen LogP contribution in [0.3, 0.4) is 0 Å². The number of rotatable bonds is 1. The third-order valence-corrected chi connectivity index (χ3v) is 1.58. The molecular formula is C7H5ClN2O. The summed E-state index contributed by atoms with van der Waals surface area (Å²) < 4.78 is 4.84. The van der Waals surface area contributed by atoms with Gasteiger partial charge in [-0.25, -0.2) is 0 Å². The third-order valence-electron chi connectivity index (χ3n) is 1.19. The van der Waals surface area contributed by atoms with Gasteiger partial charge in [-0.05, 0) is 0 Å². The minimum Gasteiger partial charge on any atom is -0.494 e. The molecule has 0 aliphatic carbocycles. The quantitative estimate of drug-likeness (QED) is 0.640. The van der Waals surface area contributed by atoms with Crippen molar-refractivity contribution in [1.29, 1.82) is 5.26 Å². The molecule has 0 atom stereocenters. The molecule has 0 saturated carbocycles. The molecule has 0 aliphatic heterocycles. The molecule has 11 heavy (non-hydrogen) atoms. The van der Waals surface area contributed by atoms with Crippen LogP contribution in [0.4, 0.5) is 0 Å². The molecule has 0 spiro atoms. The van der Waals surface area contributed by atoms with Crippen LogP contribution in [0.15, 0.2) is 12.4 Å². The SMILES string of the molecule is COc1cncc(C#N)c1Cl. The van der Waals surface area contributed by atoms with Gasteiger partial charge in [-0.15, -0.1) is 0 Å². The maximum atomic E-state index is 8.51. The van der Waals surface area contributed by atoms with E-state index < -0.39 is 0 Å². The number of methoxy groups -OCH3 is 1. The lowest BCUT2D eigenvalue weighted by Gasteiger charge is -2.00. The summed E-state index contributed by atoms with van der Waals surface area (Å²) in [7, 11) is 1.48. The second kappa shape index (κ2) is 3.22. The standard InChI is InChI=1S/C7H5ClN2O/c1-11-6-4-10-3-5(2-9)7(6)8/h3-4H,1H3. The molecule has 0 amide bonds. The Bertz CT molecular complexity index is 306. The molecule has 0 fully saturated rings. The fourth-order valence-corrected chi connectivity index (χ4v) is 0.863. The number of nitrogens with zero attached hydrogens (tertiary/aromatic N) is 2. The number of hydrogen-bond donors (Lipinski definition) is 0. The highest BCUT2D eigenvalue weighted by molar-refractivity contribution is 6.33. The number of nitriles is 1. The van der Waals surface area contributed by atoms with Crippen molar-refractivity contribution in [3.05, 3.63) is 23.0 Å². The second-order valence-corrected chi connectivity index (χ2v) is 2.19. The summed E-state index contributed by atoms with van der Waals surface area (Å²) in [6.45, 7) is 0. The summed E-state index contributed by atoms with van der Waals surface area (Å²) in [6.07, 6.45) is 2.86. The van der Waals surface area contributed by atoms with Crippen LogP contribution >= 0.6 is 11.6 Å². The molecule has 0 bridgehead atoms. The van der Waals surface area contributed by atoms with Crippen LogP contribution in [0.5, 0.6) is 5.75 Å². The maximum absolute atomic E-state index is 8.51. The van der Waals surface area contributed by atoms with Gasteiger partial charge in [0.2, 0.25) is 0 Å². The molecule has 4 heteroatoms. The Morgan fingerprint density at radius 1 is 1.64 bits per heavy atom. The van der Waals surface area contributed by atoms with Crippen LogP contribution in [0.2, 0.25) is 5.02 Å². The first-order chi connectivity index (χ1) is 5.29. The molecule has 3 nitrogen and oxygen atoms in total. The van der Waals surface area contributed by atoms with Crippen molar-refractivity contribution >= 4 is 11.6 Å². The lowest BCUT2D eigenvalue weighted by Crippen LogP contribution is -1.88. The van der Waals surface area contributed by atoms with Crippen molar-refractivity contribution in [1.82, 2.24) is 4.98 Å². The Morgan fingerprint density at radius 3 is 2.91 bits per heavy atom. The average molecular weight is 169 g/mol. The Morgan fingerprint density at radius 2 is 2.36 bits per heavy atom. The fraction of sp³-hybridized carbons (Fsp3) is 0.143. The van der Waals surface area contributed by atoms with Gasteiger partial charge >= 0.3 is 0 Å². The molecule has 56 valence electrons. The summed E-state index contributed by atoms with van der Waals surface area (Å²) in [5, 5.41) is 8.82. The van der Waals surface area contributed by atoms with Gasteiger partial charge < -0.3 is 4.74 Å². The van der Waals surface area contributed by atoms with Gasteiger partial charge in [0.05, 0.1) is 18.9 Å². The van der Waals surface area contributed by atoms with Gasteiger partial charge in [0, 0.05) is 6.20 Å². The van der Waals surface area contributed by atoms with E-state index in [2.05, 4.69) is 4.98 Å². The highest BCUT2D eigenvalue weighted by Gasteiger charge is 2.04. The first-order valence-corrected chi connectivity index (χ1v) is 3.25. The van der Waals surface area contributed by atoms with Crippen molar-refractivity contribution in [2.45, 2.75) is 0 Å². The molecular weight excluding hydrogens is 164 g/mol.